The maximum Gasteiger partial charge on any atom is 0.0256 e. The van der Waals surface area contributed by atoms with Gasteiger partial charge in [-0.1, -0.05) is 5.57 Å². The zero-order chi connectivity index (χ0) is 9.97. The third-order valence-corrected chi connectivity index (χ3v) is 3.42. The summed E-state index contributed by atoms with van der Waals surface area (Å²) in [6, 6.07) is 0. The predicted molar refractivity (Wildman–Crippen MR) is 60.6 cm³/mol. The molecule has 2 aliphatic rings. The quantitative estimate of drug-likeness (QED) is 0.623. The first kappa shape index (κ1) is 9.91. The Bertz CT molecular complexity index is 257. The summed E-state index contributed by atoms with van der Waals surface area (Å²) in [5.74, 6) is 0.774. The van der Waals surface area contributed by atoms with Crippen molar-refractivity contribution in [3.63, 3.8) is 0 Å². The molecule has 0 aromatic heterocycles. The van der Waals surface area contributed by atoms with Gasteiger partial charge < -0.3 is 4.90 Å². The highest BCUT2D eigenvalue weighted by molar-refractivity contribution is 5.88. The minimum atomic E-state index is 0.774. The normalized spacial score (nSPS) is 25.9. The molecule has 0 spiro atoms. The van der Waals surface area contributed by atoms with Gasteiger partial charge in [-0.15, -0.1) is 0 Å². The molecule has 0 radical (unpaired) electrons. The van der Waals surface area contributed by atoms with Gasteiger partial charge in [0.15, 0.2) is 0 Å². The van der Waals surface area contributed by atoms with Crippen LogP contribution in [0.5, 0.6) is 0 Å². The number of nitrogens with zero attached hydrogens (tertiary/aromatic N) is 2. The van der Waals surface area contributed by atoms with E-state index in [1.54, 1.807) is 0 Å². The Balaban J connectivity index is 1.96. The van der Waals surface area contributed by atoms with Crippen LogP contribution in [0.1, 0.15) is 32.6 Å². The van der Waals surface area contributed by atoms with Crippen molar-refractivity contribution in [2.45, 2.75) is 32.6 Å². The molecule has 0 bridgehead atoms. The lowest BCUT2D eigenvalue weighted by molar-refractivity contribution is 0.251. The predicted octanol–water partition coefficient (Wildman–Crippen LogP) is 2.47. The molecule has 2 heterocycles. The molecule has 0 aliphatic carbocycles. The molecule has 14 heavy (non-hydrogen) atoms. The van der Waals surface area contributed by atoms with E-state index >= 15 is 0 Å². The number of piperidine rings is 1. The summed E-state index contributed by atoms with van der Waals surface area (Å²) in [5.41, 5.74) is 2.89. The van der Waals surface area contributed by atoms with Crippen molar-refractivity contribution in [2.24, 2.45) is 10.9 Å². The Labute approximate surface area is 86.7 Å². The highest BCUT2D eigenvalue weighted by atomic mass is 15.1. The molecule has 0 unspecified atom stereocenters. The van der Waals surface area contributed by atoms with Crippen LogP contribution in [0.4, 0.5) is 0 Å². The summed E-state index contributed by atoms with van der Waals surface area (Å²) < 4.78 is 0. The first-order valence-corrected chi connectivity index (χ1v) is 5.66. The van der Waals surface area contributed by atoms with Gasteiger partial charge in [-0.2, -0.15) is 0 Å². The Kier molecular flexibility index (Phi) is 3.02. The average Bonchev–Trinajstić information content (AvgIpc) is 2.21. The molecular weight excluding hydrogens is 172 g/mol. The largest absolute Gasteiger partial charge is 0.306 e. The van der Waals surface area contributed by atoms with Crippen molar-refractivity contribution in [1.29, 1.82) is 0 Å². The van der Waals surface area contributed by atoms with Crippen LogP contribution in [0, 0.1) is 5.92 Å². The van der Waals surface area contributed by atoms with Gasteiger partial charge in [0, 0.05) is 11.9 Å². The number of hydrogen-bond donors (Lipinski definition) is 0. The van der Waals surface area contributed by atoms with Crippen LogP contribution in [0.15, 0.2) is 16.8 Å². The third kappa shape index (κ3) is 2.24. The fourth-order valence-electron chi connectivity index (χ4n) is 2.30. The van der Waals surface area contributed by atoms with E-state index in [9.17, 15) is 0 Å². The number of likely N-dealkylation sites (tertiary alicyclic amines) is 1. The number of hydrogen-bond acceptors (Lipinski definition) is 2. The second-order valence-corrected chi connectivity index (χ2v) is 4.67. The molecule has 1 saturated heterocycles. The fourth-order valence-corrected chi connectivity index (χ4v) is 2.30. The smallest absolute Gasteiger partial charge is 0.0256 e. The lowest BCUT2D eigenvalue weighted by Gasteiger charge is -2.30. The topological polar surface area (TPSA) is 15.6 Å². The van der Waals surface area contributed by atoms with Crippen LogP contribution in [0.25, 0.3) is 0 Å². The molecule has 78 valence electrons. The zero-order valence-electron chi connectivity index (χ0n) is 9.29. The van der Waals surface area contributed by atoms with Gasteiger partial charge in [-0.3, -0.25) is 4.99 Å². The average molecular weight is 192 g/mol. The molecule has 2 aliphatic heterocycles. The Hall–Kier alpha value is -0.630. The number of allylic oxidation sites excluding steroid dienone is 1. The summed E-state index contributed by atoms with van der Waals surface area (Å²) in [5, 5.41) is 0. The molecule has 0 aromatic rings. The summed E-state index contributed by atoms with van der Waals surface area (Å²) in [4.78, 5) is 7.01. The lowest BCUT2D eigenvalue weighted by atomic mass is 9.88. The Morgan fingerprint density at radius 1 is 1.29 bits per heavy atom. The van der Waals surface area contributed by atoms with E-state index in [1.807, 2.05) is 0 Å². The summed E-state index contributed by atoms with van der Waals surface area (Å²) >= 11 is 0. The van der Waals surface area contributed by atoms with E-state index in [2.05, 4.69) is 30.1 Å². The van der Waals surface area contributed by atoms with Gasteiger partial charge in [0.25, 0.3) is 0 Å². The van der Waals surface area contributed by atoms with Crippen molar-refractivity contribution < 1.29 is 0 Å². The van der Waals surface area contributed by atoms with E-state index in [0.717, 1.165) is 5.92 Å². The van der Waals surface area contributed by atoms with Crippen LogP contribution in [0.2, 0.25) is 0 Å². The van der Waals surface area contributed by atoms with Crippen LogP contribution < -0.4 is 0 Å². The second kappa shape index (κ2) is 4.26. The van der Waals surface area contributed by atoms with Crippen molar-refractivity contribution >= 4 is 5.71 Å². The third-order valence-electron chi connectivity index (χ3n) is 3.42. The maximum atomic E-state index is 4.60. The van der Waals surface area contributed by atoms with Crippen molar-refractivity contribution in [3.8, 4) is 0 Å². The van der Waals surface area contributed by atoms with Crippen LogP contribution in [-0.2, 0) is 0 Å². The van der Waals surface area contributed by atoms with E-state index in [-0.39, 0.29) is 0 Å². The first-order valence-electron chi connectivity index (χ1n) is 5.66. The van der Waals surface area contributed by atoms with E-state index < -0.39 is 0 Å². The molecule has 0 atom stereocenters. The van der Waals surface area contributed by atoms with Gasteiger partial charge in [-0.25, -0.2) is 0 Å². The summed E-state index contributed by atoms with van der Waals surface area (Å²) in [7, 11) is 2.21. The van der Waals surface area contributed by atoms with Crippen molar-refractivity contribution in [1.82, 2.24) is 4.90 Å². The van der Waals surface area contributed by atoms with E-state index in [1.165, 1.54) is 50.1 Å². The van der Waals surface area contributed by atoms with Gasteiger partial charge >= 0.3 is 0 Å². The van der Waals surface area contributed by atoms with Gasteiger partial charge in [0.2, 0.25) is 0 Å². The number of rotatable bonds is 1. The van der Waals surface area contributed by atoms with Crippen molar-refractivity contribution in [2.75, 3.05) is 20.1 Å². The Morgan fingerprint density at radius 2 is 2.00 bits per heavy atom. The summed E-state index contributed by atoms with van der Waals surface area (Å²) in [6.45, 7) is 4.66. The van der Waals surface area contributed by atoms with Crippen LogP contribution in [-0.4, -0.2) is 30.7 Å². The monoisotopic (exact) mass is 192 g/mol. The highest BCUT2D eigenvalue weighted by Gasteiger charge is 2.22. The fraction of sp³-hybridized carbons (Fsp3) is 0.750. The molecule has 1 fully saturated rings. The standard InChI is InChI=1S/C12H20N2/c1-10-3-4-12(13-9-10)11-5-7-14(2)8-6-11/h9,11H,3-8H2,1-2H3. The van der Waals surface area contributed by atoms with Crippen LogP contribution in [0.3, 0.4) is 0 Å². The molecule has 0 aromatic carbocycles. The Morgan fingerprint density at radius 3 is 2.57 bits per heavy atom. The van der Waals surface area contributed by atoms with Gasteiger partial charge in [0.1, 0.15) is 0 Å². The molecule has 0 saturated carbocycles. The molecule has 2 heteroatoms. The molecule has 0 amide bonds. The minimum absolute atomic E-state index is 0.774. The lowest BCUT2D eigenvalue weighted by Crippen LogP contribution is -2.33. The molecule has 0 N–H and O–H groups in total. The highest BCUT2D eigenvalue weighted by Crippen LogP contribution is 2.23. The SMILES string of the molecule is CC1=CN=C(C2CCN(C)CC2)CC1. The van der Waals surface area contributed by atoms with Crippen LogP contribution >= 0.6 is 0 Å². The number of aliphatic imine (C=N–C) groups is 1. The van der Waals surface area contributed by atoms with Crippen molar-refractivity contribution in [3.05, 3.63) is 11.8 Å². The molecule has 2 rings (SSSR count). The van der Waals surface area contributed by atoms with E-state index in [0.29, 0.717) is 0 Å². The molecule has 2 nitrogen and oxygen atoms in total. The second-order valence-electron chi connectivity index (χ2n) is 4.67. The minimum Gasteiger partial charge on any atom is -0.306 e. The first-order chi connectivity index (χ1) is 6.75. The maximum absolute atomic E-state index is 4.60. The molecular formula is C12H20N2. The van der Waals surface area contributed by atoms with Gasteiger partial charge in [-0.05, 0) is 58.7 Å². The van der Waals surface area contributed by atoms with E-state index in [4.69, 9.17) is 0 Å². The zero-order valence-corrected chi connectivity index (χ0v) is 9.29. The summed E-state index contributed by atoms with van der Waals surface area (Å²) in [6.07, 6.45) is 7.11. The van der Waals surface area contributed by atoms with Gasteiger partial charge in [0.05, 0.1) is 0 Å².